The highest BCUT2D eigenvalue weighted by atomic mass is 16.3. The monoisotopic (exact) mass is 324 g/mol. The van der Waals surface area contributed by atoms with Crippen LogP contribution in [-0.4, -0.2) is 38.7 Å². The van der Waals surface area contributed by atoms with Gasteiger partial charge in [-0.05, 0) is 18.1 Å². The summed E-state index contributed by atoms with van der Waals surface area (Å²) >= 11 is 0. The molecule has 124 valence electrons. The fourth-order valence-electron chi connectivity index (χ4n) is 2.73. The zero-order valence-corrected chi connectivity index (χ0v) is 13.5. The number of imidazole rings is 1. The maximum atomic E-state index is 12.4. The van der Waals surface area contributed by atoms with E-state index in [4.69, 9.17) is 0 Å². The molecule has 6 nitrogen and oxygen atoms in total. The molecule has 0 saturated carbocycles. The van der Waals surface area contributed by atoms with Crippen LogP contribution in [0.15, 0.2) is 48.9 Å². The summed E-state index contributed by atoms with van der Waals surface area (Å²) in [4.78, 5) is 20.9. The minimum absolute atomic E-state index is 0.0756. The molecular weight excluding hydrogens is 304 g/mol. The van der Waals surface area contributed by atoms with Gasteiger partial charge in [-0.15, -0.1) is 0 Å². The van der Waals surface area contributed by atoms with Gasteiger partial charge in [0.1, 0.15) is 5.52 Å². The van der Waals surface area contributed by atoms with Crippen LogP contribution in [0.5, 0.6) is 0 Å². The number of carbonyl (C=O) groups excluding carboxylic acids is 1. The first kappa shape index (κ1) is 16.1. The van der Waals surface area contributed by atoms with Crippen molar-refractivity contribution in [2.75, 3.05) is 13.2 Å². The molecule has 6 heteroatoms. The first-order valence-corrected chi connectivity index (χ1v) is 7.90. The van der Waals surface area contributed by atoms with E-state index in [1.807, 2.05) is 41.9 Å². The van der Waals surface area contributed by atoms with Crippen LogP contribution in [0, 0.1) is 0 Å². The molecule has 3 aromatic rings. The average molecular weight is 324 g/mol. The van der Waals surface area contributed by atoms with Gasteiger partial charge in [-0.1, -0.05) is 30.3 Å². The minimum atomic E-state index is -0.186. The SMILES string of the molecule is Cn1cnc2cc(C(=O)NCC(CCO)c3ccccc3)cnc21. The third-order valence-electron chi connectivity index (χ3n) is 4.07. The van der Waals surface area contributed by atoms with Crippen molar-refractivity contribution < 1.29 is 9.90 Å². The maximum absolute atomic E-state index is 12.4. The number of pyridine rings is 1. The van der Waals surface area contributed by atoms with Crippen LogP contribution in [0.4, 0.5) is 0 Å². The Kier molecular flexibility index (Phi) is 4.86. The number of nitrogens with zero attached hydrogens (tertiary/aromatic N) is 3. The van der Waals surface area contributed by atoms with Gasteiger partial charge in [0.05, 0.1) is 11.9 Å². The summed E-state index contributed by atoms with van der Waals surface area (Å²) in [6, 6.07) is 11.6. The van der Waals surface area contributed by atoms with E-state index in [1.165, 1.54) is 0 Å². The number of nitrogens with one attached hydrogen (secondary N) is 1. The summed E-state index contributed by atoms with van der Waals surface area (Å²) in [5.41, 5.74) is 3.02. The fourth-order valence-corrected chi connectivity index (χ4v) is 2.73. The Morgan fingerprint density at radius 2 is 2.08 bits per heavy atom. The Bertz CT molecular complexity index is 829. The van der Waals surface area contributed by atoms with Crippen molar-refractivity contribution in [3.8, 4) is 0 Å². The predicted octanol–water partition coefficient (Wildman–Crippen LogP) is 1.86. The van der Waals surface area contributed by atoms with Gasteiger partial charge in [-0.3, -0.25) is 4.79 Å². The molecule has 1 unspecified atom stereocenters. The molecule has 2 N–H and O–H groups in total. The van der Waals surface area contributed by atoms with Gasteiger partial charge in [0.15, 0.2) is 5.65 Å². The summed E-state index contributed by atoms with van der Waals surface area (Å²) < 4.78 is 1.81. The number of rotatable bonds is 6. The molecule has 1 atom stereocenters. The molecule has 3 rings (SSSR count). The molecule has 0 radical (unpaired) electrons. The lowest BCUT2D eigenvalue weighted by atomic mass is 9.96. The van der Waals surface area contributed by atoms with Crippen LogP contribution in [0.3, 0.4) is 0 Å². The summed E-state index contributed by atoms with van der Waals surface area (Å²) in [5.74, 6) is -0.111. The number of hydrogen-bond acceptors (Lipinski definition) is 4. The number of fused-ring (bicyclic) bond motifs is 1. The number of benzene rings is 1. The van der Waals surface area contributed by atoms with E-state index < -0.39 is 0 Å². The van der Waals surface area contributed by atoms with E-state index in [9.17, 15) is 9.90 Å². The average Bonchev–Trinajstić information content (AvgIpc) is 2.99. The lowest BCUT2D eigenvalue weighted by molar-refractivity contribution is 0.0949. The Labute approximate surface area is 140 Å². The quantitative estimate of drug-likeness (QED) is 0.725. The first-order chi connectivity index (χ1) is 11.7. The van der Waals surface area contributed by atoms with Gasteiger partial charge in [0.25, 0.3) is 5.91 Å². The van der Waals surface area contributed by atoms with Gasteiger partial charge < -0.3 is 15.0 Å². The number of hydrogen-bond donors (Lipinski definition) is 2. The second-order valence-corrected chi connectivity index (χ2v) is 5.75. The zero-order valence-electron chi connectivity index (χ0n) is 13.5. The highest BCUT2D eigenvalue weighted by Crippen LogP contribution is 2.18. The molecule has 0 bridgehead atoms. The molecule has 1 amide bonds. The third-order valence-corrected chi connectivity index (χ3v) is 4.07. The molecular formula is C18H20N4O2. The standard InChI is InChI=1S/C18H20N4O2/c1-22-12-21-16-9-15(11-19-17(16)22)18(24)20-10-14(7-8-23)13-5-3-2-4-6-13/h2-6,9,11-12,14,23H,7-8,10H2,1H3,(H,20,24). The lowest BCUT2D eigenvalue weighted by Crippen LogP contribution is -2.29. The number of aliphatic hydroxyl groups is 1. The van der Waals surface area contributed by atoms with Crippen molar-refractivity contribution in [2.24, 2.45) is 7.05 Å². The number of aliphatic hydroxyl groups excluding tert-OH is 1. The van der Waals surface area contributed by atoms with Gasteiger partial charge in [-0.25, -0.2) is 9.97 Å². The summed E-state index contributed by atoms with van der Waals surface area (Å²) in [5, 5.41) is 12.2. The van der Waals surface area contributed by atoms with Gasteiger partial charge in [0.2, 0.25) is 0 Å². The molecule has 24 heavy (non-hydrogen) atoms. The molecule has 2 heterocycles. The van der Waals surface area contributed by atoms with Crippen LogP contribution < -0.4 is 5.32 Å². The van der Waals surface area contributed by atoms with E-state index in [0.29, 0.717) is 24.0 Å². The van der Waals surface area contributed by atoms with E-state index >= 15 is 0 Å². The number of aromatic nitrogens is 3. The molecule has 0 spiro atoms. The first-order valence-electron chi connectivity index (χ1n) is 7.90. The lowest BCUT2D eigenvalue weighted by Gasteiger charge is -2.17. The van der Waals surface area contributed by atoms with E-state index in [1.54, 1.807) is 18.6 Å². The van der Waals surface area contributed by atoms with Gasteiger partial charge in [-0.2, -0.15) is 0 Å². The maximum Gasteiger partial charge on any atom is 0.252 e. The summed E-state index contributed by atoms with van der Waals surface area (Å²) in [7, 11) is 1.86. The Balaban J connectivity index is 1.70. The summed E-state index contributed by atoms with van der Waals surface area (Å²) in [6.07, 6.45) is 3.83. The van der Waals surface area contributed by atoms with Crippen molar-refractivity contribution in [3.05, 3.63) is 60.0 Å². The predicted molar refractivity (Wildman–Crippen MR) is 91.7 cm³/mol. The van der Waals surface area contributed by atoms with Gasteiger partial charge >= 0.3 is 0 Å². The molecule has 2 aromatic heterocycles. The number of aryl methyl sites for hydroxylation is 1. The van der Waals surface area contributed by atoms with Crippen LogP contribution in [-0.2, 0) is 7.05 Å². The number of carbonyl (C=O) groups is 1. The molecule has 1 aromatic carbocycles. The van der Waals surface area contributed by atoms with Crippen molar-refractivity contribution in [1.82, 2.24) is 19.9 Å². The van der Waals surface area contributed by atoms with E-state index in [0.717, 1.165) is 11.2 Å². The number of amides is 1. The Hall–Kier alpha value is -2.73. The topological polar surface area (TPSA) is 80.0 Å². The highest BCUT2D eigenvalue weighted by molar-refractivity contribution is 5.96. The molecule has 0 aliphatic heterocycles. The largest absolute Gasteiger partial charge is 0.396 e. The van der Waals surface area contributed by atoms with Crippen molar-refractivity contribution in [2.45, 2.75) is 12.3 Å². The normalized spacial score (nSPS) is 12.2. The van der Waals surface area contributed by atoms with Crippen LogP contribution >= 0.6 is 0 Å². The van der Waals surface area contributed by atoms with Crippen molar-refractivity contribution >= 4 is 17.1 Å². The highest BCUT2D eigenvalue weighted by Gasteiger charge is 2.14. The third kappa shape index (κ3) is 3.44. The minimum Gasteiger partial charge on any atom is -0.396 e. The smallest absolute Gasteiger partial charge is 0.252 e. The molecule has 0 saturated heterocycles. The van der Waals surface area contributed by atoms with Crippen LogP contribution in [0.25, 0.3) is 11.2 Å². The van der Waals surface area contributed by atoms with Crippen LogP contribution in [0.1, 0.15) is 28.3 Å². The van der Waals surface area contributed by atoms with Crippen LogP contribution in [0.2, 0.25) is 0 Å². The Morgan fingerprint density at radius 1 is 1.29 bits per heavy atom. The fraction of sp³-hybridized carbons (Fsp3) is 0.278. The van der Waals surface area contributed by atoms with E-state index in [-0.39, 0.29) is 18.4 Å². The summed E-state index contributed by atoms with van der Waals surface area (Å²) in [6.45, 7) is 0.542. The zero-order chi connectivity index (χ0) is 16.9. The van der Waals surface area contributed by atoms with Crippen molar-refractivity contribution in [3.63, 3.8) is 0 Å². The second-order valence-electron chi connectivity index (χ2n) is 5.75. The second kappa shape index (κ2) is 7.23. The molecule has 0 fully saturated rings. The van der Waals surface area contributed by atoms with Gasteiger partial charge in [0, 0.05) is 32.3 Å². The van der Waals surface area contributed by atoms with Crippen molar-refractivity contribution in [1.29, 1.82) is 0 Å². The Morgan fingerprint density at radius 3 is 2.83 bits per heavy atom. The molecule has 0 aliphatic carbocycles. The van der Waals surface area contributed by atoms with E-state index in [2.05, 4.69) is 15.3 Å². The molecule has 0 aliphatic rings.